The molecule has 4 rings (SSSR count). The molecule has 0 spiro atoms. The van der Waals surface area contributed by atoms with Crippen molar-refractivity contribution in [3.8, 4) is 0 Å². The van der Waals surface area contributed by atoms with Crippen molar-refractivity contribution in [1.29, 1.82) is 0 Å². The van der Waals surface area contributed by atoms with Gasteiger partial charge in [0.25, 0.3) is 10.1 Å². The molecular formula is C30H27O7PS. The molecule has 1 unspecified atom stereocenters. The summed E-state index contributed by atoms with van der Waals surface area (Å²) >= 11 is 0. The minimum atomic E-state index is -4.12. The molecule has 4 aromatic carbocycles. The molecule has 0 radical (unpaired) electrons. The van der Waals surface area contributed by atoms with E-state index in [-0.39, 0.29) is 4.90 Å². The summed E-state index contributed by atoms with van der Waals surface area (Å²) in [5.41, 5.74) is 3.75. The van der Waals surface area contributed by atoms with Crippen LogP contribution in [0.5, 0.6) is 0 Å². The first-order valence-corrected chi connectivity index (χ1v) is 14.2. The van der Waals surface area contributed by atoms with Crippen LogP contribution in [0.4, 0.5) is 0 Å². The summed E-state index contributed by atoms with van der Waals surface area (Å²) in [6.45, 7) is 1.87. The van der Waals surface area contributed by atoms with E-state index in [0.29, 0.717) is 22.3 Å². The van der Waals surface area contributed by atoms with Crippen LogP contribution in [-0.2, 0) is 28.7 Å². The van der Waals surface area contributed by atoms with Crippen molar-refractivity contribution in [2.45, 2.75) is 17.0 Å². The number of hydrogen-bond acceptors (Lipinski definition) is 7. The maximum atomic E-state index is 13.3. The summed E-state index contributed by atoms with van der Waals surface area (Å²) in [6, 6.07) is 29.3. The maximum Gasteiger partial charge on any atom is 0.337 e. The van der Waals surface area contributed by atoms with E-state index in [1.54, 1.807) is 60.7 Å². The summed E-state index contributed by atoms with van der Waals surface area (Å²) in [5, 5.41) is -1.11. The van der Waals surface area contributed by atoms with Gasteiger partial charge in [-0.1, -0.05) is 72.3 Å². The Hall–Kier alpha value is -3.84. The number of methoxy groups -OCH3 is 2. The fourth-order valence-corrected chi connectivity index (χ4v) is 6.83. The van der Waals surface area contributed by atoms with Gasteiger partial charge in [0.15, 0.2) is 0 Å². The van der Waals surface area contributed by atoms with Gasteiger partial charge in [-0.15, -0.1) is 0 Å². The number of ether oxygens (including phenoxy) is 2. The lowest BCUT2D eigenvalue weighted by Gasteiger charge is -2.35. The van der Waals surface area contributed by atoms with E-state index in [4.69, 9.17) is 13.4 Å². The molecule has 4 aromatic rings. The Morgan fingerprint density at radius 1 is 0.641 bits per heavy atom. The Morgan fingerprint density at radius 2 is 1.08 bits per heavy atom. The molecule has 0 aliphatic heterocycles. The largest absolute Gasteiger partial charge is 0.465 e. The van der Waals surface area contributed by atoms with Crippen molar-refractivity contribution < 1.29 is 31.5 Å². The highest BCUT2D eigenvalue weighted by molar-refractivity contribution is 7.89. The van der Waals surface area contributed by atoms with E-state index in [2.05, 4.69) is 0 Å². The van der Waals surface area contributed by atoms with Gasteiger partial charge < -0.3 is 9.47 Å². The van der Waals surface area contributed by atoms with E-state index >= 15 is 0 Å². The van der Waals surface area contributed by atoms with Gasteiger partial charge in [-0.2, -0.15) is 8.42 Å². The highest BCUT2D eigenvalue weighted by atomic mass is 32.2. The van der Waals surface area contributed by atoms with E-state index in [1.807, 2.05) is 37.3 Å². The van der Waals surface area contributed by atoms with Crippen LogP contribution >= 0.6 is 8.81 Å². The first-order valence-electron chi connectivity index (χ1n) is 11.9. The quantitative estimate of drug-likeness (QED) is 0.143. The van der Waals surface area contributed by atoms with Gasteiger partial charge in [0.05, 0.1) is 44.2 Å². The van der Waals surface area contributed by atoms with Gasteiger partial charge in [-0.05, 0) is 60.0 Å². The molecule has 7 nitrogen and oxygen atoms in total. The van der Waals surface area contributed by atoms with E-state index in [1.165, 1.54) is 26.4 Å². The van der Waals surface area contributed by atoms with Crippen molar-refractivity contribution in [3.05, 3.63) is 137 Å². The number of carbonyl (C=O) groups excluding carboxylic acids is 2. The molecule has 200 valence electrons. The molecule has 0 fully saturated rings. The van der Waals surface area contributed by atoms with Crippen LogP contribution in [-0.4, -0.2) is 34.6 Å². The average Bonchev–Trinajstić information content (AvgIpc) is 2.98. The first kappa shape index (κ1) is 28.2. The van der Waals surface area contributed by atoms with Crippen LogP contribution < -0.4 is 0 Å². The van der Waals surface area contributed by atoms with E-state index in [0.717, 1.165) is 11.1 Å². The van der Waals surface area contributed by atoms with E-state index < -0.39 is 36.0 Å². The summed E-state index contributed by atoms with van der Waals surface area (Å²) in [5.74, 6) is -0.982. The molecular weight excluding hydrogens is 535 g/mol. The fraction of sp³-hybridized carbons (Fsp3) is 0.133. The van der Waals surface area contributed by atoms with Crippen LogP contribution in [0.3, 0.4) is 0 Å². The molecule has 0 saturated carbocycles. The predicted molar refractivity (Wildman–Crippen MR) is 150 cm³/mol. The topological polar surface area (TPSA) is 96.0 Å². The average molecular weight is 563 g/mol. The molecule has 0 N–H and O–H groups in total. The molecule has 0 aliphatic carbocycles. The second kappa shape index (κ2) is 11.9. The highest BCUT2D eigenvalue weighted by Crippen LogP contribution is 2.54. The van der Waals surface area contributed by atoms with Gasteiger partial charge >= 0.3 is 11.9 Å². The summed E-state index contributed by atoms with van der Waals surface area (Å²) in [6.07, 6.45) is 0. The minimum absolute atomic E-state index is 0.0460. The van der Waals surface area contributed by atoms with E-state index in [9.17, 15) is 18.0 Å². The zero-order chi connectivity index (χ0) is 28.0. The van der Waals surface area contributed by atoms with Crippen LogP contribution in [0.1, 0.15) is 43.0 Å². The SMILES string of the molecule is COC(=O)c1ccc(C(POS(=O)(=O)c2ccc(C)cc2)(c2ccccc2)c2ccc(C(=O)OC)cc2)cc1. The monoisotopic (exact) mass is 562 g/mol. The van der Waals surface area contributed by atoms with Crippen molar-refractivity contribution >= 4 is 30.9 Å². The van der Waals surface area contributed by atoms with Gasteiger partial charge in [-0.3, -0.25) is 0 Å². The van der Waals surface area contributed by atoms with Crippen LogP contribution in [0, 0.1) is 6.92 Å². The zero-order valence-corrected chi connectivity index (χ0v) is 23.4. The van der Waals surface area contributed by atoms with Crippen LogP contribution in [0.25, 0.3) is 0 Å². The number of benzene rings is 4. The van der Waals surface area contributed by atoms with Gasteiger partial charge in [-0.25, -0.2) is 13.6 Å². The highest BCUT2D eigenvalue weighted by Gasteiger charge is 2.39. The van der Waals surface area contributed by atoms with Crippen molar-refractivity contribution in [1.82, 2.24) is 0 Å². The zero-order valence-electron chi connectivity index (χ0n) is 21.6. The molecule has 0 heterocycles. The third kappa shape index (κ3) is 5.93. The number of hydrogen-bond donors (Lipinski definition) is 0. The summed E-state index contributed by atoms with van der Waals surface area (Å²) in [4.78, 5) is 24.3. The number of esters is 2. The minimum Gasteiger partial charge on any atom is -0.465 e. The Labute approximate surface area is 229 Å². The molecule has 9 heteroatoms. The predicted octanol–water partition coefficient (Wildman–Crippen LogP) is 5.86. The molecule has 0 saturated heterocycles. The third-order valence-corrected chi connectivity index (χ3v) is 9.53. The summed E-state index contributed by atoms with van der Waals surface area (Å²) < 4.78 is 42.1. The van der Waals surface area contributed by atoms with Gasteiger partial charge in [0, 0.05) is 0 Å². The Morgan fingerprint density at radius 3 is 1.51 bits per heavy atom. The second-order valence-electron chi connectivity index (χ2n) is 8.71. The molecule has 0 bridgehead atoms. The van der Waals surface area contributed by atoms with Crippen LogP contribution in [0.15, 0.2) is 108 Å². The lowest BCUT2D eigenvalue weighted by Crippen LogP contribution is -2.25. The fourth-order valence-electron chi connectivity index (χ4n) is 4.18. The molecule has 0 amide bonds. The molecule has 39 heavy (non-hydrogen) atoms. The van der Waals surface area contributed by atoms with Crippen molar-refractivity contribution in [3.63, 3.8) is 0 Å². The Balaban J connectivity index is 1.90. The van der Waals surface area contributed by atoms with Crippen molar-refractivity contribution in [2.24, 2.45) is 0 Å². The Bertz CT molecular complexity index is 1490. The lowest BCUT2D eigenvalue weighted by molar-refractivity contribution is 0.0592. The molecule has 1 atom stereocenters. The third-order valence-electron chi connectivity index (χ3n) is 6.30. The second-order valence-corrected chi connectivity index (χ2v) is 11.7. The van der Waals surface area contributed by atoms with Gasteiger partial charge in [0.1, 0.15) is 0 Å². The molecule has 0 aromatic heterocycles. The number of aryl methyl sites for hydroxylation is 1. The Kier molecular flexibility index (Phi) is 8.60. The van der Waals surface area contributed by atoms with Crippen LogP contribution in [0.2, 0.25) is 0 Å². The number of rotatable bonds is 9. The normalized spacial score (nSPS) is 11.9. The van der Waals surface area contributed by atoms with Crippen molar-refractivity contribution in [2.75, 3.05) is 14.2 Å². The lowest BCUT2D eigenvalue weighted by atomic mass is 9.83. The standard InChI is InChI=1S/C30H27O7PS/c1-21-9-19-27(20-10-21)39(33,34)37-38-30(24-7-5-4-6-8-24,25-15-11-22(12-16-25)28(31)35-2)26-17-13-23(14-18-26)29(32)36-3/h4-20,38H,1-3H3. The smallest absolute Gasteiger partial charge is 0.337 e. The maximum absolute atomic E-state index is 13.3. The number of carbonyl (C=O) groups is 2. The first-order chi connectivity index (χ1) is 18.7. The van der Waals surface area contributed by atoms with Gasteiger partial charge in [0.2, 0.25) is 0 Å². The molecule has 0 aliphatic rings. The summed E-state index contributed by atoms with van der Waals surface area (Å²) in [7, 11) is -2.15.